The average Bonchev–Trinajstić information content (AvgIpc) is 3.37. The summed E-state index contributed by atoms with van der Waals surface area (Å²) in [6.45, 7) is 0.996. The molecule has 2 aliphatic rings. The first kappa shape index (κ1) is 30.4. The van der Waals surface area contributed by atoms with Crippen molar-refractivity contribution < 1.29 is 27.8 Å². The third-order valence-electron chi connectivity index (χ3n) is 6.85. The van der Waals surface area contributed by atoms with Gasteiger partial charge in [0.1, 0.15) is 17.0 Å². The SMILES string of the molecule is COc1cc2c(cc1N1CCCOC1=O)CN(C(=O)c1c(Sc3c(Cl)ccc(CN)c3Cl)cc(C(F)(F)Cl)[nH]c1=O)C2. The number of rotatable bonds is 7. The van der Waals surface area contributed by atoms with Gasteiger partial charge in [-0.15, -0.1) is 0 Å². The molecular formula is C27H23Cl3F2N4O5S. The third kappa shape index (κ3) is 5.78. The molecule has 0 unspecified atom stereocenters. The summed E-state index contributed by atoms with van der Waals surface area (Å²) >= 11 is 18.9. The van der Waals surface area contributed by atoms with E-state index >= 15 is 0 Å². The summed E-state index contributed by atoms with van der Waals surface area (Å²) < 4.78 is 38.9. The molecule has 3 N–H and O–H groups in total. The first-order valence-electron chi connectivity index (χ1n) is 12.6. The van der Waals surface area contributed by atoms with E-state index in [1.54, 1.807) is 18.2 Å². The average molecular weight is 660 g/mol. The van der Waals surface area contributed by atoms with E-state index < -0.39 is 34.2 Å². The number of methoxy groups -OCH3 is 1. The van der Waals surface area contributed by atoms with Gasteiger partial charge in [0.2, 0.25) is 0 Å². The highest BCUT2D eigenvalue weighted by atomic mass is 35.5. The molecule has 42 heavy (non-hydrogen) atoms. The Labute approximate surface area is 257 Å². The fourth-order valence-corrected chi connectivity index (χ4v) is 6.61. The van der Waals surface area contributed by atoms with Crippen LogP contribution < -0.4 is 20.9 Å². The summed E-state index contributed by atoms with van der Waals surface area (Å²) in [6, 6.07) is 7.53. The van der Waals surface area contributed by atoms with Gasteiger partial charge in [0, 0.05) is 36.0 Å². The number of fused-ring (bicyclic) bond motifs is 1. The number of cyclic esters (lactones) is 1. The first-order valence-corrected chi connectivity index (χ1v) is 14.5. The summed E-state index contributed by atoms with van der Waals surface area (Å²) in [5.74, 6) is -0.312. The van der Waals surface area contributed by atoms with Crippen LogP contribution in [0.15, 0.2) is 44.9 Å². The van der Waals surface area contributed by atoms with Crippen molar-refractivity contribution in [1.29, 1.82) is 0 Å². The minimum Gasteiger partial charge on any atom is -0.495 e. The van der Waals surface area contributed by atoms with Gasteiger partial charge in [-0.1, -0.05) is 41.0 Å². The minimum absolute atomic E-state index is 0.0718. The summed E-state index contributed by atoms with van der Waals surface area (Å²) in [6.07, 6.45) is 0.130. The van der Waals surface area contributed by atoms with Crippen LogP contribution in [0.4, 0.5) is 19.3 Å². The van der Waals surface area contributed by atoms with Crippen molar-refractivity contribution in [3.63, 3.8) is 0 Å². The number of carbonyl (C=O) groups is 2. The molecule has 2 amide bonds. The van der Waals surface area contributed by atoms with Crippen LogP contribution in [-0.2, 0) is 29.8 Å². The second-order valence-electron chi connectivity index (χ2n) is 9.48. The molecule has 1 saturated heterocycles. The van der Waals surface area contributed by atoms with Gasteiger partial charge in [-0.3, -0.25) is 14.5 Å². The number of alkyl halides is 3. The molecule has 1 fully saturated rings. The van der Waals surface area contributed by atoms with Gasteiger partial charge in [-0.2, -0.15) is 8.78 Å². The second-order valence-corrected chi connectivity index (χ2v) is 11.8. The Morgan fingerprint density at radius 2 is 1.90 bits per heavy atom. The van der Waals surface area contributed by atoms with E-state index in [2.05, 4.69) is 0 Å². The van der Waals surface area contributed by atoms with Gasteiger partial charge >= 0.3 is 11.5 Å². The second kappa shape index (κ2) is 11.9. The molecular weight excluding hydrogens is 637 g/mol. The Kier molecular flexibility index (Phi) is 8.64. The lowest BCUT2D eigenvalue weighted by atomic mass is 10.1. The summed E-state index contributed by atoms with van der Waals surface area (Å²) in [5, 5.41) is -3.59. The lowest BCUT2D eigenvalue weighted by Crippen LogP contribution is -2.38. The normalized spacial score (nSPS) is 15.1. The molecule has 0 aliphatic carbocycles. The zero-order valence-electron chi connectivity index (χ0n) is 21.9. The summed E-state index contributed by atoms with van der Waals surface area (Å²) in [4.78, 5) is 44.4. The fourth-order valence-electron chi connectivity index (χ4n) is 4.77. The van der Waals surface area contributed by atoms with Crippen molar-refractivity contribution in [1.82, 2.24) is 9.88 Å². The molecule has 1 aromatic heterocycles. The van der Waals surface area contributed by atoms with Crippen LogP contribution in [0.1, 0.15) is 39.2 Å². The predicted octanol–water partition coefficient (Wildman–Crippen LogP) is 6.09. The van der Waals surface area contributed by atoms with Gasteiger partial charge in [0.25, 0.3) is 11.5 Å². The van der Waals surface area contributed by atoms with Crippen molar-refractivity contribution in [2.24, 2.45) is 5.73 Å². The van der Waals surface area contributed by atoms with Crippen LogP contribution in [0.25, 0.3) is 0 Å². The number of nitrogens with one attached hydrogen (secondary N) is 1. The number of anilines is 1. The minimum atomic E-state index is -3.92. The maximum atomic E-state index is 14.1. The molecule has 3 aromatic rings. The van der Waals surface area contributed by atoms with E-state index in [0.717, 1.165) is 23.4 Å². The molecule has 9 nitrogen and oxygen atoms in total. The van der Waals surface area contributed by atoms with E-state index in [4.69, 9.17) is 50.0 Å². The first-order chi connectivity index (χ1) is 19.9. The van der Waals surface area contributed by atoms with Crippen LogP contribution in [0.5, 0.6) is 5.75 Å². The van der Waals surface area contributed by atoms with Gasteiger partial charge in [-0.05, 0) is 59.0 Å². The number of aromatic amines is 1. The van der Waals surface area contributed by atoms with E-state index in [9.17, 15) is 23.2 Å². The lowest BCUT2D eigenvalue weighted by Gasteiger charge is -2.28. The fraction of sp³-hybridized carbons (Fsp3) is 0.296. The molecule has 2 aliphatic heterocycles. The highest BCUT2D eigenvalue weighted by Gasteiger charge is 2.35. The van der Waals surface area contributed by atoms with E-state index in [0.29, 0.717) is 42.1 Å². The molecule has 5 rings (SSSR count). The van der Waals surface area contributed by atoms with Crippen molar-refractivity contribution in [3.05, 3.63) is 78.7 Å². The monoisotopic (exact) mass is 658 g/mol. The predicted molar refractivity (Wildman–Crippen MR) is 155 cm³/mol. The molecule has 222 valence electrons. The van der Waals surface area contributed by atoms with Crippen molar-refractivity contribution in [2.75, 3.05) is 25.2 Å². The van der Waals surface area contributed by atoms with Crippen LogP contribution >= 0.6 is 46.6 Å². The number of hydrogen-bond donors (Lipinski definition) is 2. The number of halogens is 5. The molecule has 3 heterocycles. The number of ether oxygens (including phenoxy) is 2. The molecule has 15 heteroatoms. The number of hydrogen-bond acceptors (Lipinski definition) is 7. The van der Waals surface area contributed by atoms with Crippen LogP contribution in [0.2, 0.25) is 10.0 Å². The molecule has 0 radical (unpaired) electrons. The Morgan fingerprint density at radius 3 is 2.55 bits per heavy atom. The molecule has 0 atom stereocenters. The largest absolute Gasteiger partial charge is 0.495 e. The van der Waals surface area contributed by atoms with Crippen molar-refractivity contribution >= 4 is 64.3 Å². The third-order valence-corrected chi connectivity index (χ3v) is 9.20. The number of nitrogens with two attached hydrogens (primary N) is 1. The molecule has 0 saturated carbocycles. The quantitative estimate of drug-likeness (QED) is 0.295. The van der Waals surface area contributed by atoms with E-state index in [-0.39, 0.29) is 39.5 Å². The Bertz CT molecular complexity index is 1650. The van der Waals surface area contributed by atoms with Crippen LogP contribution in [0.3, 0.4) is 0 Å². The number of nitrogens with zero attached hydrogens (tertiary/aromatic N) is 2. The maximum absolute atomic E-state index is 14.1. The van der Waals surface area contributed by atoms with Gasteiger partial charge in [0.05, 0.1) is 29.4 Å². The number of pyridine rings is 1. The standard InChI is InChI=1S/C27H23Cl3F2N4O5S/c1-40-18-8-15-12-35(11-14(15)7-17(18)36-5-2-6-41-26(36)39)25(38)21-19(9-20(27(30,31)32)34-24(21)37)42-23-16(28)4-3-13(10-33)22(23)29/h3-4,7-9H,2,5-6,10-12,33H2,1H3,(H,34,37). The van der Waals surface area contributed by atoms with Gasteiger partial charge in [0.15, 0.2) is 0 Å². The highest BCUT2D eigenvalue weighted by molar-refractivity contribution is 7.99. The summed E-state index contributed by atoms with van der Waals surface area (Å²) in [5.41, 5.74) is 5.86. The lowest BCUT2D eigenvalue weighted by molar-refractivity contribution is 0.0740. The van der Waals surface area contributed by atoms with Crippen molar-refractivity contribution in [3.8, 4) is 5.75 Å². The van der Waals surface area contributed by atoms with Crippen LogP contribution in [0, 0.1) is 0 Å². The van der Waals surface area contributed by atoms with Crippen LogP contribution in [-0.4, -0.2) is 42.1 Å². The number of benzene rings is 2. The Morgan fingerprint density at radius 1 is 1.19 bits per heavy atom. The zero-order valence-corrected chi connectivity index (χ0v) is 25.0. The Balaban J connectivity index is 1.54. The Hall–Kier alpha value is -3.03. The van der Waals surface area contributed by atoms with E-state index in [1.165, 1.54) is 23.0 Å². The van der Waals surface area contributed by atoms with E-state index in [1.807, 2.05) is 4.98 Å². The van der Waals surface area contributed by atoms with Gasteiger partial charge < -0.3 is 25.1 Å². The molecule has 2 aromatic carbocycles. The van der Waals surface area contributed by atoms with Gasteiger partial charge in [-0.25, -0.2) is 4.79 Å². The molecule has 0 spiro atoms. The number of carbonyl (C=O) groups excluding carboxylic acids is 2. The zero-order chi connectivity index (χ0) is 30.3. The number of aromatic nitrogens is 1. The maximum Gasteiger partial charge on any atom is 0.414 e. The smallest absolute Gasteiger partial charge is 0.414 e. The highest BCUT2D eigenvalue weighted by Crippen LogP contribution is 2.43. The topological polar surface area (TPSA) is 118 Å². The van der Waals surface area contributed by atoms with Crippen molar-refractivity contribution in [2.45, 2.75) is 41.2 Å². The number of amides is 2. The summed E-state index contributed by atoms with van der Waals surface area (Å²) in [7, 11) is 1.46. The molecule has 0 bridgehead atoms. The number of H-pyrrole nitrogens is 1.